The largest absolute Gasteiger partial charge is 0.366 e. The Morgan fingerprint density at radius 1 is 1.21 bits per heavy atom. The Balaban J connectivity index is 2.14. The zero-order valence-electron chi connectivity index (χ0n) is 10.3. The van der Waals surface area contributed by atoms with Crippen LogP contribution in [0.5, 0.6) is 0 Å². The van der Waals surface area contributed by atoms with Gasteiger partial charge in [-0.15, -0.1) is 0 Å². The topological polar surface area (TPSA) is 37.8 Å². The summed E-state index contributed by atoms with van der Waals surface area (Å²) >= 11 is 5.96. The van der Waals surface area contributed by atoms with E-state index >= 15 is 0 Å². The third-order valence-corrected chi connectivity index (χ3v) is 3.02. The van der Waals surface area contributed by atoms with E-state index in [1.807, 2.05) is 6.92 Å². The molecule has 3 nitrogen and oxygen atoms in total. The summed E-state index contributed by atoms with van der Waals surface area (Å²) in [6.45, 7) is 2.27. The van der Waals surface area contributed by atoms with Crippen molar-refractivity contribution in [2.75, 3.05) is 5.32 Å². The lowest BCUT2D eigenvalue weighted by Crippen LogP contribution is -2.06. The Hall–Kier alpha value is -1.75. The first kappa shape index (κ1) is 13.7. The lowest BCUT2D eigenvalue weighted by molar-refractivity contribution is 0.507. The van der Waals surface area contributed by atoms with Crippen LogP contribution in [-0.2, 0) is 13.0 Å². The molecule has 0 spiro atoms. The summed E-state index contributed by atoms with van der Waals surface area (Å²) in [7, 11) is 0. The van der Waals surface area contributed by atoms with Crippen LogP contribution in [-0.4, -0.2) is 9.97 Å². The molecule has 0 atom stereocenters. The van der Waals surface area contributed by atoms with Crippen LogP contribution in [0, 0.1) is 11.6 Å². The normalized spacial score (nSPS) is 10.5. The highest BCUT2D eigenvalue weighted by molar-refractivity contribution is 6.30. The quantitative estimate of drug-likeness (QED) is 0.872. The van der Waals surface area contributed by atoms with Gasteiger partial charge in [0.05, 0.1) is 0 Å². The number of nitrogens with one attached hydrogen (secondary N) is 1. The molecule has 0 unspecified atom stereocenters. The number of halogens is 3. The minimum absolute atomic E-state index is 0.331. The van der Waals surface area contributed by atoms with E-state index in [-0.39, 0.29) is 0 Å². The van der Waals surface area contributed by atoms with Crippen molar-refractivity contribution in [2.45, 2.75) is 19.9 Å². The summed E-state index contributed by atoms with van der Waals surface area (Å²) in [6, 6.07) is 3.76. The number of rotatable bonds is 4. The fraction of sp³-hybridized carbons (Fsp3) is 0.231. The smallest absolute Gasteiger partial charge is 0.159 e. The first-order valence-corrected chi connectivity index (χ1v) is 6.16. The molecule has 0 aliphatic carbocycles. The summed E-state index contributed by atoms with van der Waals surface area (Å²) in [5, 5.41) is 3.44. The minimum Gasteiger partial charge on any atom is -0.366 e. The van der Waals surface area contributed by atoms with Crippen molar-refractivity contribution >= 4 is 17.4 Å². The second kappa shape index (κ2) is 5.93. The molecule has 0 radical (unpaired) electrons. The van der Waals surface area contributed by atoms with Crippen molar-refractivity contribution < 1.29 is 8.78 Å². The monoisotopic (exact) mass is 283 g/mol. The lowest BCUT2D eigenvalue weighted by Gasteiger charge is -2.10. The molecule has 0 aliphatic heterocycles. The van der Waals surface area contributed by atoms with Crippen molar-refractivity contribution in [3.8, 4) is 0 Å². The molecule has 2 aromatic rings. The maximum absolute atomic E-state index is 13.1. The second-order valence-corrected chi connectivity index (χ2v) is 4.31. The van der Waals surface area contributed by atoms with Crippen LogP contribution in [0.4, 0.5) is 14.6 Å². The van der Waals surface area contributed by atoms with E-state index in [1.165, 1.54) is 12.4 Å². The maximum Gasteiger partial charge on any atom is 0.159 e. The van der Waals surface area contributed by atoms with Crippen LogP contribution in [0.1, 0.15) is 18.1 Å². The molecule has 6 heteroatoms. The van der Waals surface area contributed by atoms with Gasteiger partial charge in [-0.05, 0) is 24.1 Å². The van der Waals surface area contributed by atoms with Gasteiger partial charge in [-0.25, -0.2) is 18.7 Å². The predicted octanol–water partition coefficient (Wildman–Crippen LogP) is 3.58. The molecule has 0 saturated heterocycles. The Labute approximate surface area is 114 Å². The van der Waals surface area contributed by atoms with Crippen molar-refractivity contribution in [3.05, 3.63) is 52.4 Å². The van der Waals surface area contributed by atoms with E-state index in [0.717, 1.165) is 17.7 Å². The molecule has 0 fully saturated rings. The first-order chi connectivity index (χ1) is 9.11. The van der Waals surface area contributed by atoms with Crippen LogP contribution >= 0.6 is 11.6 Å². The molecule has 1 N–H and O–H groups in total. The molecule has 19 heavy (non-hydrogen) atoms. The second-order valence-electron chi connectivity index (χ2n) is 3.95. The third kappa shape index (κ3) is 3.17. The highest BCUT2D eigenvalue weighted by Gasteiger charge is 2.08. The fourth-order valence-corrected chi connectivity index (χ4v) is 1.96. The number of nitrogens with zero attached hydrogens (tertiary/aromatic N) is 2. The van der Waals surface area contributed by atoms with Crippen LogP contribution in [0.25, 0.3) is 0 Å². The van der Waals surface area contributed by atoms with Gasteiger partial charge < -0.3 is 5.32 Å². The van der Waals surface area contributed by atoms with E-state index in [4.69, 9.17) is 11.6 Å². The zero-order valence-corrected chi connectivity index (χ0v) is 11.0. The molecule has 0 aliphatic rings. The average molecular weight is 284 g/mol. The number of hydrogen-bond donors (Lipinski definition) is 1. The molecule has 0 amide bonds. The van der Waals surface area contributed by atoms with E-state index in [0.29, 0.717) is 29.5 Å². The van der Waals surface area contributed by atoms with Crippen LogP contribution in [0.3, 0.4) is 0 Å². The summed E-state index contributed by atoms with van der Waals surface area (Å²) < 4.78 is 25.9. The number of benzene rings is 1. The Morgan fingerprint density at radius 3 is 2.68 bits per heavy atom. The Kier molecular flexibility index (Phi) is 4.27. The van der Waals surface area contributed by atoms with Crippen molar-refractivity contribution in [1.82, 2.24) is 9.97 Å². The SMILES string of the molecule is CCc1c(Cl)ncnc1NCc1ccc(F)c(F)c1. The van der Waals surface area contributed by atoms with Crippen molar-refractivity contribution in [1.29, 1.82) is 0 Å². The molecule has 1 aromatic carbocycles. The van der Waals surface area contributed by atoms with E-state index in [2.05, 4.69) is 15.3 Å². The minimum atomic E-state index is -0.865. The van der Waals surface area contributed by atoms with Gasteiger partial charge >= 0.3 is 0 Å². The Bertz CT molecular complexity index is 590. The van der Waals surface area contributed by atoms with Crippen molar-refractivity contribution in [3.63, 3.8) is 0 Å². The van der Waals surface area contributed by atoms with Gasteiger partial charge in [0.1, 0.15) is 17.3 Å². The summed E-state index contributed by atoms with van der Waals surface area (Å²) in [4.78, 5) is 7.99. The summed E-state index contributed by atoms with van der Waals surface area (Å²) in [5.41, 5.74) is 1.42. The highest BCUT2D eigenvalue weighted by Crippen LogP contribution is 2.20. The molecule has 0 saturated carbocycles. The number of anilines is 1. The van der Waals surface area contributed by atoms with Gasteiger partial charge in [-0.2, -0.15) is 0 Å². The van der Waals surface area contributed by atoms with Gasteiger partial charge in [0.25, 0.3) is 0 Å². The van der Waals surface area contributed by atoms with E-state index in [9.17, 15) is 8.78 Å². The van der Waals surface area contributed by atoms with Crippen LogP contribution < -0.4 is 5.32 Å². The average Bonchev–Trinajstić information content (AvgIpc) is 2.40. The van der Waals surface area contributed by atoms with E-state index in [1.54, 1.807) is 0 Å². The van der Waals surface area contributed by atoms with Gasteiger partial charge in [-0.1, -0.05) is 24.6 Å². The lowest BCUT2D eigenvalue weighted by atomic mass is 10.2. The van der Waals surface area contributed by atoms with Gasteiger partial charge in [0, 0.05) is 12.1 Å². The fourth-order valence-electron chi connectivity index (χ4n) is 1.69. The van der Waals surface area contributed by atoms with Crippen LogP contribution in [0.15, 0.2) is 24.5 Å². The maximum atomic E-state index is 13.1. The predicted molar refractivity (Wildman–Crippen MR) is 70.1 cm³/mol. The molecule has 1 aromatic heterocycles. The molecule has 0 bridgehead atoms. The van der Waals surface area contributed by atoms with Crippen molar-refractivity contribution in [2.24, 2.45) is 0 Å². The third-order valence-electron chi connectivity index (χ3n) is 2.69. The molecule has 1 heterocycles. The summed E-state index contributed by atoms with van der Waals surface area (Å²) in [5.74, 6) is -1.12. The number of hydrogen-bond acceptors (Lipinski definition) is 3. The molecule has 100 valence electrons. The summed E-state index contributed by atoms with van der Waals surface area (Å²) in [6.07, 6.45) is 2.04. The first-order valence-electron chi connectivity index (χ1n) is 5.79. The number of aromatic nitrogens is 2. The zero-order chi connectivity index (χ0) is 13.8. The van der Waals surface area contributed by atoms with Gasteiger partial charge in [-0.3, -0.25) is 0 Å². The molecule has 2 rings (SSSR count). The van der Waals surface area contributed by atoms with Gasteiger partial charge in [0.2, 0.25) is 0 Å². The standard InChI is InChI=1S/C13H12ClF2N3/c1-2-9-12(14)18-7-19-13(9)17-6-8-3-4-10(15)11(16)5-8/h3-5,7H,2,6H2,1H3,(H,17,18,19). The molecular formula is C13H12ClF2N3. The van der Waals surface area contributed by atoms with Gasteiger partial charge in [0.15, 0.2) is 11.6 Å². The van der Waals surface area contributed by atoms with E-state index < -0.39 is 11.6 Å². The molecular weight excluding hydrogens is 272 g/mol. The van der Waals surface area contributed by atoms with Crippen LogP contribution in [0.2, 0.25) is 5.15 Å². The highest BCUT2D eigenvalue weighted by atomic mass is 35.5. The Morgan fingerprint density at radius 2 is 2.00 bits per heavy atom.